The third-order valence-corrected chi connectivity index (χ3v) is 3.26. The van der Waals surface area contributed by atoms with Gasteiger partial charge in [0.25, 0.3) is 5.78 Å². The van der Waals surface area contributed by atoms with Crippen molar-refractivity contribution < 1.29 is 4.79 Å². The minimum atomic E-state index is 0.0873. The second-order valence-corrected chi connectivity index (χ2v) is 4.25. The largest absolute Gasteiger partial charge is 0.272 e. The lowest BCUT2D eigenvalue weighted by atomic mass is 10.0. The minimum Gasteiger partial charge on any atom is -0.272 e. The normalized spacial score (nSPS) is 17.1. The van der Waals surface area contributed by atoms with Crippen LogP contribution in [0.3, 0.4) is 0 Å². The fourth-order valence-electron chi connectivity index (χ4n) is 1.97. The fraction of sp³-hybridized carbons (Fsp3) is 0. The highest BCUT2D eigenvalue weighted by Crippen LogP contribution is 2.40. The molecule has 2 aliphatic rings. The smallest absolute Gasteiger partial charge is 0.251 e. The lowest BCUT2D eigenvalue weighted by molar-refractivity contribution is 0.104. The SMILES string of the molecule is O=C1C2=C(C=C[C+]=C2Br)c2ccccc21. The Hall–Kier alpha value is -1.50. The number of allylic oxidation sites excluding steroid dienone is 6. The average molecular weight is 258 g/mol. The molecule has 0 bridgehead atoms. The van der Waals surface area contributed by atoms with Gasteiger partial charge in [0.15, 0.2) is 10.1 Å². The van der Waals surface area contributed by atoms with Crippen LogP contribution < -0.4 is 0 Å². The number of hydrogen-bond donors (Lipinski definition) is 0. The zero-order valence-electron chi connectivity index (χ0n) is 7.75. The van der Waals surface area contributed by atoms with Crippen LogP contribution in [0.1, 0.15) is 15.9 Å². The number of fused-ring (bicyclic) bond motifs is 2. The van der Waals surface area contributed by atoms with E-state index in [1.54, 1.807) is 0 Å². The predicted octanol–water partition coefficient (Wildman–Crippen LogP) is 3.29. The van der Waals surface area contributed by atoms with E-state index in [1.165, 1.54) is 0 Å². The number of benzene rings is 1. The van der Waals surface area contributed by atoms with E-state index in [-0.39, 0.29) is 5.78 Å². The number of carbonyl (C=O) groups is 1. The first kappa shape index (κ1) is 8.78. The molecule has 0 N–H and O–H groups in total. The maximum absolute atomic E-state index is 12.1. The van der Waals surface area contributed by atoms with Gasteiger partial charge in [0.05, 0.1) is 12.2 Å². The molecule has 0 amide bonds. The maximum atomic E-state index is 12.1. The summed E-state index contributed by atoms with van der Waals surface area (Å²) in [5, 5.41) is 0. The van der Waals surface area contributed by atoms with E-state index in [1.807, 2.05) is 36.4 Å². The molecule has 0 saturated heterocycles. The van der Waals surface area contributed by atoms with Crippen LogP contribution in [0.15, 0.2) is 46.5 Å². The third kappa shape index (κ3) is 1.09. The van der Waals surface area contributed by atoms with Crippen LogP contribution >= 0.6 is 15.9 Å². The highest BCUT2D eigenvalue weighted by atomic mass is 79.9. The van der Waals surface area contributed by atoms with Gasteiger partial charge in [0, 0.05) is 11.1 Å². The molecule has 0 unspecified atom stereocenters. The molecule has 15 heavy (non-hydrogen) atoms. The molecule has 0 aromatic heterocycles. The summed E-state index contributed by atoms with van der Waals surface area (Å²) in [4.78, 5) is 12.1. The van der Waals surface area contributed by atoms with Crippen molar-refractivity contribution in [2.75, 3.05) is 0 Å². The van der Waals surface area contributed by atoms with Gasteiger partial charge in [-0.2, -0.15) is 0 Å². The summed E-state index contributed by atoms with van der Waals surface area (Å²) in [5.41, 5.74) is 3.54. The van der Waals surface area contributed by atoms with Crippen LogP contribution in [0.5, 0.6) is 0 Å². The zero-order valence-corrected chi connectivity index (χ0v) is 9.34. The van der Waals surface area contributed by atoms with Crippen molar-refractivity contribution in [3.8, 4) is 0 Å². The first-order chi connectivity index (χ1) is 7.29. The molecule has 0 aliphatic heterocycles. The Labute approximate surface area is 95.9 Å². The first-order valence-corrected chi connectivity index (χ1v) is 5.42. The lowest BCUT2D eigenvalue weighted by Gasteiger charge is -1.95. The highest BCUT2D eigenvalue weighted by Gasteiger charge is 2.37. The Morgan fingerprint density at radius 3 is 2.67 bits per heavy atom. The number of halogens is 1. The van der Waals surface area contributed by atoms with E-state index >= 15 is 0 Å². The van der Waals surface area contributed by atoms with Gasteiger partial charge in [-0.25, -0.2) is 0 Å². The molecule has 0 atom stereocenters. The van der Waals surface area contributed by atoms with Crippen LogP contribution in [0.4, 0.5) is 0 Å². The maximum Gasteiger partial charge on any atom is 0.251 e. The van der Waals surface area contributed by atoms with Crippen LogP contribution in [0, 0.1) is 6.08 Å². The molecule has 0 radical (unpaired) electrons. The van der Waals surface area contributed by atoms with E-state index in [0.717, 1.165) is 26.8 Å². The van der Waals surface area contributed by atoms with Gasteiger partial charge in [-0.15, -0.1) is 0 Å². The third-order valence-electron chi connectivity index (χ3n) is 2.64. The van der Waals surface area contributed by atoms with Gasteiger partial charge in [0.2, 0.25) is 0 Å². The average Bonchev–Trinajstić information content (AvgIpc) is 2.55. The first-order valence-electron chi connectivity index (χ1n) is 4.63. The Morgan fingerprint density at radius 2 is 1.87 bits per heavy atom. The number of ketones is 1. The van der Waals surface area contributed by atoms with Crippen molar-refractivity contribution >= 4 is 27.3 Å². The monoisotopic (exact) mass is 257 g/mol. The van der Waals surface area contributed by atoms with Crippen LogP contribution in [0.25, 0.3) is 5.57 Å². The Balaban J connectivity index is 2.34. The quantitative estimate of drug-likeness (QED) is 0.652. The number of carbonyl (C=O) groups excluding carboxylic acids is 1. The van der Waals surface area contributed by atoms with Crippen molar-refractivity contribution in [2.24, 2.45) is 0 Å². The summed E-state index contributed by atoms with van der Waals surface area (Å²) in [5.74, 6) is 0.0873. The van der Waals surface area contributed by atoms with Gasteiger partial charge in [0.1, 0.15) is 11.6 Å². The molecular formula is C13H6BrO+. The van der Waals surface area contributed by atoms with Gasteiger partial charge in [-0.3, -0.25) is 4.79 Å². The molecule has 0 saturated carbocycles. The standard InChI is InChI=1S/C13H6BrO/c14-11-7-3-6-9-8-4-1-2-5-10(8)13(15)12(9)11/h1-6H/q+1. The topological polar surface area (TPSA) is 17.1 Å². The summed E-state index contributed by atoms with van der Waals surface area (Å²) in [6, 6.07) is 7.68. The second-order valence-electron chi connectivity index (χ2n) is 3.46. The van der Waals surface area contributed by atoms with Gasteiger partial charge in [-0.05, 0) is 22.0 Å². The molecular weight excluding hydrogens is 252 g/mol. The van der Waals surface area contributed by atoms with E-state index < -0.39 is 0 Å². The molecule has 70 valence electrons. The summed E-state index contributed by atoms with van der Waals surface area (Å²) in [6.45, 7) is 0. The highest BCUT2D eigenvalue weighted by molar-refractivity contribution is 9.12. The van der Waals surface area contributed by atoms with Crippen molar-refractivity contribution in [2.45, 2.75) is 0 Å². The van der Waals surface area contributed by atoms with E-state index in [0.29, 0.717) is 0 Å². The van der Waals surface area contributed by atoms with Crippen LogP contribution in [-0.2, 0) is 0 Å². The molecule has 0 fully saturated rings. The summed E-state index contributed by atoms with van der Waals surface area (Å²) < 4.78 is 0.751. The molecule has 1 aromatic rings. The van der Waals surface area contributed by atoms with Gasteiger partial charge < -0.3 is 0 Å². The Kier molecular flexibility index (Phi) is 1.75. The number of rotatable bonds is 0. The second kappa shape index (κ2) is 2.99. The van der Waals surface area contributed by atoms with Crippen molar-refractivity contribution in [1.29, 1.82) is 0 Å². The van der Waals surface area contributed by atoms with Crippen molar-refractivity contribution in [3.05, 3.63) is 63.7 Å². The van der Waals surface area contributed by atoms with Crippen LogP contribution in [0.2, 0.25) is 0 Å². The molecule has 0 heterocycles. The van der Waals surface area contributed by atoms with Crippen molar-refractivity contribution in [1.82, 2.24) is 0 Å². The molecule has 1 aromatic carbocycles. The molecule has 3 rings (SSSR count). The predicted molar refractivity (Wildman–Crippen MR) is 62.5 cm³/mol. The molecule has 0 spiro atoms. The van der Waals surface area contributed by atoms with E-state index in [9.17, 15) is 4.79 Å². The number of hydrogen-bond acceptors (Lipinski definition) is 1. The zero-order chi connectivity index (χ0) is 10.4. The summed E-state index contributed by atoms with van der Waals surface area (Å²) in [7, 11) is 0. The molecule has 2 aliphatic carbocycles. The van der Waals surface area contributed by atoms with Crippen LogP contribution in [-0.4, -0.2) is 5.78 Å². The fourth-order valence-corrected chi connectivity index (χ4v) is 2.49. The lowest BCUT2D eigenvalue weighted by Crippen LogP contribution is -1.99. The van der Waals surface area contributed by atoms with E-state index in [2.05, 4.69) is 22.0 Å². The van der Waals surface area contributed by atoms with Gasteiger partial charge >= 0.3 is 0 Å². The molecule has 2 heteroatoms. The Bertz CT molecular complexity index is 562. The summed E-state index contributed by atoms with van der Waals surface area (Å²) >= 11 is 3.37. The summed E-state index contributed by atoms with van der Waals surface area (Å²) in [6.07, 6.45) is 6.76. The number of Topliss-reactive ketones (excluding diaryl/α,β-unsaturated/α-hetero) is 1. The van der Waals surface area contributed by atoms with Crippen molar-refractivity contribution in [3.63, 3.8) is 0 Å². The van der Waals surface area contributed by atoms with E-state index in [4.69, 9.17) is 0 Å². The molecule has 1 nitrogen and oxygen atoms in total. The minimum absolute atomic E-state index is 0.0873. The Morgan fingerprint density at radius 1 is 1.13 bits per heavy atom. The van der Waals surface area contributed by atoms with Gasteiger partial charge in [-0.1, -0.05) is 18.2 Å².